The summed E-state index contributed by atoms with van der Waals surface area (Å²) in [4.78, 5) is 11.3. The molecule has 1 N–H and O–H groups in total. The number of fused-ring (bicyclic) bond motifs is 1. The Morgan fingerprint density at radius 2 is 2.11 bits per heavy atom. The van der Waals surface area contributed by atoms with E-state index in [2.05, 4.69) is 20.8 Å². The summed E-state index contributed by atoms with van der Waals surface area (Å²) in [6.45, 7) is 0.935. The molecule has 0 saturated heterocycles. The maximum Gasteiger partial charge on any atom is 0.307 e. The summed E-state index contributed by atoms with van der Waals surface area (Å²) in [6, 6.07) is 0. The first-order chi connectivity index (χ1) is 8.77. The molecule has 18 heavy (non-hydrogen) atoms. The summed E-state index contributed by atoms with van der Waals surface area (Å²) in [5.41, 5.74) is 0. The third-order valence-corrected chi connectivity index (χ3v) is 3.97. The van der Waals surface area contributed by atoms with Crippen molar-refractivity contribution in [2.24, 2.45) is 5.92 Å². The van der Waals surface area contributed by atoms with Gasteiger partial charge in [0.05, 0.1) is 5.92 Å². The van der Waals surface area contributed by atoms with Crippen molar-refractivity contribution in [2.45, 2.75) is 44.6 Å². The maximum atomic E-state index is 11.3. The van der Waals surface area contributed by atoms with Crippen LogP contribution in [-0.4, -0.2) is 25.8 Å². The van der Waals surface area contributed by atoms with Crippen molar-refractivity contribution >= 4 is 5.97 Å². The van der Waals surface area contributed by atoms with Crippen LogP contribution in [0.2, 0.25) is 0 Å². The number of aryl methyl sites for hydroxylation is 1. The Hall–Kier alpha value is -1.65. The Morgan fingerprint density at radius 1 is 1.28 bits per heavy atom. The zero-order valence-corrected chi connectivity index (χ0v) is 10.2. The number of hydrogen-bond acceptors (Lipinski definition) is 3. The molecule has 0 aromatic carbocycles. The number of hydrogen-bond donors (Lipinski definition) is 1. The highest BCUT2D eigenvalue weighted by Crippen LogP contribution is 2.35. The minimum atomic E-state index is -0.725. The molecule has 96 valence electrons. The van der Waals surface area contributed by atoms with Crippen LogP contribution in [0.15, 0.2) is 12.2 Å². The minimum absolute atomic E-state index is 0.0214. The molecule has 3 rings (SSSR count). The summed E-state index contributed by atoms with van der Waals surface area (Å²) >= 11 is 0. The Kier molecular flexibility index (Phi) is 2.89. The Balaban J connectivity index is 1.95. The highest BCUT2D eigenvalue weighted by Gasteiger charge is 2.34. The molecule has 1 aliphatic heterocycles. The average Bonchev–Trinajstić information content (AvgIpc) is 2.82. The largest absolute Gasteiger partial charge is 0.481 e. The van der Waals surface area contributed by atoms with Crippen LogP contribution in [0.3, 0.4) is 0 Å². The van der Waals surface area contributed by atoms with E-state index < -0.39 is 5.97 Å². The summed E-state index contributed by atoms with van der Waals surface area (Å²) in [6.07, 6.45) is 8.64. The molecule has 5 heteroatoms. The van der Waals surface area contributed by atoms with Gasteiger partial charge < -0.3 is 9.67 Å². The van der Waals surface area contributed by atoms with Crippen LogP contribution < -0.4 is 0 Å². The molecule has 2 atom stereocenters. The van der Waals surface area contributed by atoms with Gasteiger partial charge in [-0.25, -0.2) is 0 Å². The topological polar surface area (TPSA) is 68.0 Å². The summed E-state index contributed by atoms with van der Waals surface area (Å²) in [5.74, 6) is 0.797. The van der Waals surface area contributed by atoms with Crippen molar-refractivity contribution in [3.63, 3.8) is 0 Å². The zero-order chi connectivity index (χ0) is 12.5. The molecule has 2 heterocycles. The van der Waals surface area contributed by atoms with Crippen LogP contribution in [-0.2, 0) is 17.8 Å². The lowest BCUT2D eigenvalue weighted by Crippen LogP contribution is -2.27. The summed E-state index contributed by atoms with van der Waals surface area (Å²) in [7, 11) is 0. The molecule has 0 fully saturated rings. The molecule has 2 aliphatic rings. The van der Waals surface area contributed by atoms with Crippen molar-refractivity contribution in [1.29, 1.82) is 0 Å². The molecule has 5 nitrogen and oxygen atoms in total. The molecule has 0 saturated carbocycles. The monoisotopic (exact) mass is 247 g/mol. The van der Waals surface area contributed by atoms with E-state index in [1.165, 1.54) is 0 Å². The number of aliphatic carboxylic acids is 1. The van der Waals surface area contributed by atoms with Crippen LogP contribution in [0, 0.1) is 5.92 Å². The normalized spacial score (nSPS) is 26.9. The first kappa shape index (κ1) is 11.4. The van der Waals surface area contributed by atoms with E-state index in [1.54, 1.807) is 0 Å². The molecule has 1 aliphatic carbocycles. The Labute approximate surface area is 106 Å². The smallest absolute Gasteiger partial charge is 0.307 e. The lowest BCUT2D eigenvalue weighted by molar-refractivity contribution is -0.142. The molecule has 0 radical (unpaired) electrons. The van der Waals surface area contributed by atoms with E-state index in [0.717, 1.165) is 43.9 Å². The molecule has 0 bridgehead atoms. The highest BCUT2D eigenvalue weighted by molar-refractivity contribution is 5.71. The molecule has 0 amide bonds. The fourth-order valence-electron chi connectivity index (χ4n) is 2.98. The van der Waals surface area contributed by atoms with Crippen LogP contribution in [0.25, 0.3) is 0 Å². The first-order valence-electron chi connectivity index (χ1n) is 6.57. The summed E-state index contributed by atoms with van der Waals surface area (Å²) in [5, 5.41) is 17.8. The Bertz CT molecular complexity index is 492. The van der Waals surface area contributed by atoms with Gasteiger partial charge in [-0.1, -0.05) is 12.2 Å². The highest BCUT2D eigenvalue weighted by atomic mass is 16.4. The molecule has 1 aromatic heterocycles. The number of allylic oxidation sites excluding steroid dienone is 2. The van der Waals surface area contributed by atoms with Gasteiger partial charge in [-0.15, -0.1) is 10.2 Å². The minimum Gasteiger partial charge on any atom is -0.481 e. The second-order valence-electron chi connectivity index (χ2n) is 5.08. The van der Waals surface area contributed by atoms with Gasteiger partial charge in [0, 0.05) is 18.9 Å². The number of rotatable bonds is 2. The SMILES string of the molecule is O=C(O)[C@H]1CC=CC[C@H]1c1nnc2n1CCCC2. The van der Waals surface area contributed by atoms with Crippen molar-refractivity contribution in [1.82, 2.24) is 14.8 Å². The van der Waals surface area contributed by atoms with Crippen molar-refractivity contribution in [2.75, 3.05) is 0 Å². The fourth-order valence-corrected chi connectivity index (χ4v) is 2.98. The second kappa shape index (κ2) is 4.55. The lowest BCUT2D eigenvalue weighted by Gasteiger charge is -2.26. The fraction of sp³-hybridized carbons (Fsp3) is 0.615. The predicted molar refractivity (Wildman–Crippen MR) is 65.2 cm³/mol. The number of carboxylic acid groups (broad SMARTS) is 1. The quantitative estimate of drug-likeness (QED) is 0.808. The number of carbonyl (C=O) groups is 1. The van der Waals surface area contributed by atoms with E-state index in [9.17, 15) is 9.90 Å². The summed E-state index contributed by atoms with van der Waals surface area (Å²) < 4.78 is 2.14. The lowest BCUT2D eigenvalue weighted by atomic mass is 9.82. The average molecular weight is 247 g/mol. The molecular formula is C13H17N3O2. The molecule has 1 aromatic rings. The van der Waals surface area contributed by atoms with E-state index in [1.807, 2.05) is 6.08 Å². The van der Waals surface area contributed by atoms with Gasteiger partial charge in [-0.05, 0) is 25.7 Å². The molecule has 0 spiro atoms. The van der Waals surface area contributed by atoms with Crippen LogP contribution in [0.4, 0.5) is 0 Å². The number of aromatic nitrogens is 3. The standard InChI is InChI=1S/C13H17N3O2/c17-13(18)10-6-2-1-5-9(10)12-15-14-11-7-3-4-8-16(11)12/h1-2,9-10H,3-8H2,(H,17,18)/t9-,10+/m1/s1. The van der Waals surface area contributed by atoms with E-state index in [0.29, 0.717) is 6.42 Å². The van der Waals surface area contributed by atoms with Gasteiger partial charge in [0.2, 0.25) is 0 Å². The predicted octanol–water partition coefficient (Wildman–Crippen LogP) is 1.75. The van der Waals surface area contributed by atoms with Gasteiger partial charge in [0.25, 0.3) is 0 Å². The molecular weight excluding hydrogens is 230 g/mol. The van der Waals surface area contributed by atoms with Crippen molar-refractivity contribution < 1.29 is 9.90 Å². The number of carboxylic acids is 1. The second-order valence-corrected chi connectivity index (χ2v) is 5.08. The molecule has 0 unspecified atom stereocenters. The van der Waals surface area contributed by atoms with E-state index >= 15 is 0 Å². The zero-order valence-electron chi connectivity index (χ0n) is 10.2. The van der Waals surface area contributed by atoms with E-state index in [-0.39, 0.29) is 11.8 Å². The van der Waals surface area contributed by atoms with Crippen molar-refractivity contribution in [3.8, 4) is 0 Å². The van der Waals surface area contributed by atoms with Gasteiger partial charge in [0.15, 0.2) is 0 Å². The van der Waals surface area contributed by atoms with Gasteiger partial charge >= 0.3 is 5.97 Å². The van der Waals surface area contributed by atoms with Crippen LogP contribution in [0.1, 0.15) is 43.3 Å². The van der Waals surface area contributed by atoms with Gasteiger partial charge in [0.1, 0.15) is 11.6 Å². The maximum absolute atomic E-state index is 11.3. The number of nitrogens with zero attached hydrogens (tertiary/aromatic N) is 3. The Morgan fingerprint density at radius 3 is 2.94 bits per heavy atom. The van der Waals surface area contributed by atoms with E-state index in [4.69, 9.17) is 0 Å². The third-order valence-electron chi connectivity index (χ3n) is 3.97. The van der Waals surface area contributed by atoms with Gasteiger partial charge in [-0.2, -0.15) is 0 Å². The first-order valence-corrected chi connectivity index (χ1v) is 6.57. The van der Waals surface area contributed by atoms with Gasteiger partial charge in [-0.3, -0.25) is 4.79 Å². The van der Waals surface area contributed by atoms with Crippen molar-refractivity contribution in [3.05, 3.63) is 23.8 Å². The van der Waals surface area contributed by atoms with Crippen LogP contribution >= 0.6 is 0 Å². The third kappa shape index (κ3) is 1.83. The van der Waals surface area contributed by atoms with Crippen LogP contribution in [0.5, 0.6) is 0 Å².